The smallest absolute Gasteiger partial charge is 0.227 e. The molecule has 0 aliphatic carbocycles. The molecule has 1 fully saturated rings. The zero-order valence-electron chi connectivity index (χ0n) is 8.99. The molecule has 0 unspecified atom stereocenters. The Kier molecular flexibility index (Phi) is 4.35. The molecule has 0 aromatic carbocycles. The highest BCUT2D eigenvalue weighted by atomic mass is 16.3. The van der Waals surface area contributed by atoms with Crippen molar-refractivity contribution in [2.75, 3.05) is 32.8 Å². The number of amides is 1. The number of carbonyl (C=O) groups is 1. The van der Waals surface area contributed by atoms with Crippen molar-refractivity contribution in [1.82, 2.24) is 10.2 Å². The quantitative estimate of drug-likeness (QED) is 0.654. The summed E-state index contributed by atoms with van der Waals surface area (Å²) in [6.07, 6.45) is 0. The lowest BCUT2D eigenvalue weighted by atomic mass is 9.96. The summed E-state index contributed by atoms with van der Waals surface area (Å²) in [5.74, 6) is 0.691. The molecule has 0 aromatic heterocycles. The zero-order chi connectivity index (χ0) is 10.6. The number of nitrogens with zero attached hydrogens (tertiary/aromatic N) is 1. The van der Waals surface area contributed by atoms with E-state index >= 15 is 0 Å². The molecule has 4 nitrogen and oxygen atoms in total. The highest BCUT2D eigenvalue weighted by molar-refractivity contribution is 5.79. The molecule has 1 rings (SSSR count). The van der Waals surface area contributed by atoms with Gasteiger partial charge in [-0.25, -0.2) is 0 Å². The molecule has 1 heterocycles. The third-order valence-corrected chi connectivity index (χ3v) is 2.90. The van der Waals surface area contributed by atoms with Crippen LogP contribution in [0.1, 0.15) is 13.8 Å². The molecule has 1 amide bonds. The van der Waals surface area contributed by atoms with Crippen LogP contribution in [0.5, 0.6) is 0 Å². The maximum Gasteiger partial charge on any atom is 0.227 e. The van der Waals surface area contributed by atoms with E-state index < -0.39 is 0 Å². The van der Waals surface area contributed by atoms with Crippen LogP contribution in [0.4, 0.5) is 0 Å². The molecule has 0 aromatic rings. The fraction of sp³-hybridized carbons (Fsp3) is 0.900. The van der Waals surface area contributed by atoms with Crippen LogP contribution in [-0.4, -0.2) is 48.7 Å². The predicted octanol–water partition coefficient (Wildman–Crippen LogP) is -0.317. The summed E-state index contributed by atoms with van der Waals surface area (Å²) in [7, 11) is 0. The van der Waals surface area contributed by atoms with Gasteiger partial charge >= 0.3 is 0 Å². The molecule has 2 N–H and O–H groups in total. The molecule has 0 radical (unpaired) electrons. The lowest BCUT2D eigenvalue weighted by molar-refractivity contribution is -0.136. The van der Waals surface area contributed by atoms with E-state index in [1.165, 1.54) is 0 Å². The van der Waals surface area contributed by atoms with Gasteiger partial charge in [0.2, 0.25) is 5.91 Å². The maximum atomic E-state index is 12.0. The minimum atomic E-state index is 0.0497. The molecular formula is C10H20N2O2. The van der Waals surface area contributed by atoms with E-state index in [1.54, 1.807) is 4.90 Å². The Morgan fingerprint density at radius 2 is 2.29 bits per heavy atom. The van der Waals surface area contributed by atoms with Crippen molar-refractivity contribution in [2.24, 2.45) is 11.8 Å². The number of hydrogen-bond donors (Lipinski definition) is 2. The van der Waals surface area contributed by atoms with Crippen molar-refractivity contribution >= 4 is 5.91 Å². The monoisotopic (exact) mass is 200 g/mol. The van der Waals surface area contributed by atoms with Crippen LogP contribution in [0.25, 0.3) is 0 Å². The van der Waals surface area contributed by atoms with Crippen LogP contribution in [0.15, 0.2) is 0 Å². The van der Waals surface area contributed by atoms with Gasteiger partial charge in [-0.2, -0.15) is 0 Å². The minimum absolute atomic E-state index is 0.0497. The zero-order valence-corrected chi connectivity index (χ0v) is 8.99. The Balaban J connectivity index is 2.52. The minimum Gasteiger partial charge on any atom is -0.395 e. The van der Waals surface area contributed by atoms with E-state index in [4.69, 9.17) is 5.11 Å². The second-order valence-electron chi connectivity index (χ2n) is 3.88. The summed E-state index contributed by atoms with van der Waals surface area (Å²) in [5.41, 5.74) is 0. The van der Waals surface area contributed by atoms with Crippen LogP contribution < -0.4 is 5.32 Å². The summed E-state index contributed by atoms with van der Waals surface area (Å²) in [4.78, 5) is 13.7. The molecule has 82 valence electrons. The van der Waals surface area contributed by atoms with Crippen LogP contribution in [0.3, 0.4) is 0 Å². The van der Waals surface area contributed by atoms with E-state index in [2.05, 4.69) is 12.2 Å². The number of aliphatic hydroxyl groups excluding tert-OH is 1. The molecule has 2 atom stereocenters. The molecule has 0 saturated carbocycles. The van der Waals surface area contributed by atoms with Gasteiger partial charge in [-0.05, 0) is 19.4 Å². The Labute approximate surface area is 85.3 Å². The van der Waals surface area contributed by atoms with E-state index in [0.717, 1.165) is 13.1 Å². The third kappa shape index (κ3) is 2.45. The van der Waals surface area contributed by atoms with Crippen molar-refractivity contribution in [2.45, 2.75) is 13.8 Å². The van der Waals surface area contributed by atoms with Crippen LogP contribution in [0.2, 0.25) is 0 Å². The number of rotatable bonds is 4. The van der Waals surface area contributed by atoms with E-state index in [1.807, 2.05) is 6.92 Å². The van der Waals surface area contributed by atoms with Crippen molar-refractivity contribution in [1.29, 1.82) is 0 Å². The summed E-state index contributed by atoms with van der Waals surface area (Å²) in [5, 5.41) is 12.0. The number of carbonyl (C=O) groups excluding carboxylic acids is 1. The molecule has 0 bridgehead atoms. The lowest BCUT2D eigenvalue weighted by Gasteiger charge is -2.24. The predicted molar refractivity (Wildman–Crippen MR) is 54.9 cm³/mol. The summed E-state index contributed by atoms with van der Waals surface area (Å²) >= 11 is 0. The van der Waals surface area contributed by atoms with Gasteiger partial charge < -0.3 is 15.3 Å². The van der Waals surface area contributed by atoms with Gasteiger partial charge in [0, 0.05) is 19.6 Å². The summed E-state index contributed by atoms with van der Waals surface area (Å²) in [6.45, 7) is 6.93. The highest BCUT2D eigenvalue weighted by Crippen LogP contribution is 2.18. The van der Waals surface area contributed by atoms with Crippen LogP contribution in [0, 0.1) is 11.8 Å². The number of hydrogen-bond acceptors (Lipinski definition) is 3. The number of aliphatic hydroxyl groups is 1. The molecule has 1 aliphatic heterocycles. The van der Waals surface area contributed by atoms with Crippen LogP contribution in [-0.2, 0) is 4.79 Å². The maximum absolute atomic E-state index is 12.0. The standard InChI is InChI=1S/C10H20N2O2/c1-3-12(4-5-13)10(14)9-7-11-6-8(9)2/h8-9,11,13H,3-7H2,1-2H3/t8-,9-/m1/s1. The largest absolute Gasteiger partial charge is 0.395 e. The van der Waals surface area contributed by atoms with E-state index in [0.29, 0.717) is 19.0 Å². The summed E-state index contributed by atoms with van der Waals surface area (Å²) < 4.78 is 0. The Hall–Kier alpha value is -0.610. The molecule has 1 saturated heterocycles. The van der Waals surface area contributed by atoms with Crippen molar-refractivity contribution in [3.05, 3.63) is 0 Å². The Morgan fingerprint density at radius 1 is 1.57 bits per heavy atom. The first-order valence-corrected chi connectivity index (χ1v) is 5.31. The lowest BCUT2D eigenvalue weighted by Crippen LogP contribution is -2.40. The normalized spacial score (nSPS) is 26.5. The van der Waals surface area contributed by atoms with Crippen molar-refractivity contribution in [3.8, 4) is 0 Å². The fourth-order valence-electron chi connectivity index (χ4n) is 1.92. The Morgan fingerprint density at radius 3 is 2.71 bits per heavy atom. The third-order valence-electron chi connectivity index (χ3n) is 2.90. The van der Waals surface area contributed by atoms with E-state index in [9.17, 15) is 4.79 Å². The average molecular weight is 200 g/mol. The number of nitrogens with one attached hydrogen (secondary N) is 1. The summed E-state index contributed by atoms with van der Waals surface area (Å²) in [6, 6.07) is 0. The highest BCUT2D eigenvalue weighted by Gasteiger charge is 2.31. The van der Waals surface area contributed by atoms with Gasteiger partial charge in [-0.15, -0.1) is 0 Å². The first-order chi connectivity index (χ1) is 6.70. The molecule has 14 heavy (non-hydrogen) atoms. The van der Waals surface area contributed by atoms with Gasteiger partial charge in [0.1, 0.15) is 0 Å². The molecule has 4 heteroatoms. The second kappa shape index (κ2) is 5.32. The second-order valence-corrected chi connectivity index (χ2v) is 3.88. The van der Waals surface area contributed by atoms with Crippen molar-refractivity contribution in [3.63, 3.8) is 0 Å². The van der Waals surface area contributed by atoms with Gasteiger partial charge in [-0.3, -0.25) is 4.79 Å². The van der Waals surface area contributed by atoms with Gasteiger partial charge in [0.25, 0.3) is 0 Å². The SMILES string of the molecule is CCN(CCO)C(=O)[C@@H]1CNC[C@H]1C. The van der Waals surface area contributed by atoms with E-state index in [-0.39, 0.29) is 18.4 Å². The molecule has 0 spiro atoms. The Bertz CT molecular complexity index is 197. The molecule has 1 aliphatic rings. The molecular weight excluding hydrogens is 180 g/mol. The first-order valence-electron chi connectivity index (χ1n) is 5.31. The topological polar surface area (TPSA) is 52.6 Å². The van der Waals surface area contributed by atoms with Crippen LogP contribution >= 0.6 is 0 Å². The average Bonchev–Trinajstić information content (AvgIpc) is 2.59. The van der Waals surface area contributed by atoms with Gasteiger partial charge in [0.05, 0.1) is 12.5 Å². The first kappa shape index (κ1) is 11.5. The fourth-order valence-corrected chi connectivity index (χ4v) is 1.92. The van der Waals surface area contributed by atoms with Crippen molar-refractivity contribution < 1.29 is 9.90 Å². The number of likely N-dealkylation sites (N-methyl/N-ethyl adjacent to an activating group) is 1. The van der Waals surface area contributed by atoms with Gasteiger partial charge in [0.15, 0.2) is 0 Å². The van der Waals surface area contributed by atoms with Gasteiger partial charge in [-0.1, -0.05) is 6.92 Å².